The van der Waals surface area contributed by atoms with Crippen LogP contribution in [0.15, 0.2) is 47.4 Å². The first-order valence-corrected chi connectivity index (χ1v) is 5.38. The minimum Gasteiger partial charge on any atom is -0.494 e. The molecule has 2 heteroatoms. The Labute approximate surface area is 90.8 Å². The van der Waals surface area contributed by atoms with Crippen molar-refractivity contribution in [1.29, 1.82) is 0 Å². The highest BCUT2D eigenvalue weighted by molar-refractivity contribution is 5.29. The van der Waals surface area contributed by atoms with Gasteiger partial charge in [0.25, 0.3) is 0 Å². The monoisotopic (exact) mass is 203 g/mol. The van der Waals surface area contributed by atoms with E-state index in [1.165, 1.54) is 5.57 Å². The SMILES string of the molecule is CC1=CC=C(C2CC=CCC=C2N)CO1. The van der Waals surface area contributed by atoms with E-state index in [0.29, 0.717) is 12.5 Å². The quantitative estimate of drug-likeness (QED) is 0.665. The lowest BCUT2D eigenvalue weighted by Gasteiger charge is -2.22. The summed E-state index contributed by atoms with van der Waals surface area (Å²) in [6, 6.07) is 0. The Morgan fingerprint density at radius 3 is 2.93 bits per heavy atom. The summed E-state index contributed by atoms with van der Waals surface area (Å²) >= 11 is 0. The number of rotatable bonds is 1. The van der Waals surface area contributed by atoms with E-state index in [2.05, 4.69) is 24.3 Å². The van der Waals surface area contributed by atoms with Crippen molar-refractivity contribution in [2.24, 2.45) is 11.7 Å². The van der Waals surface area contributed by atoms with Crippen molar-refractivity contribution in [3.05, 3.63) is 47.4 Å². The number of allylic oxidation sites excluding steroid dienone is 7. The van der Waals surface area contributed by atoms with Crippen LogP contribution < -0.4 is 5.73 Å². The summed E-state index contributed by atoms with van der Waals surface area (Å²) in [5.74, 6) is 1.30. The van der Waals surface area contributed by atoms with Gasteiger partial charge >= 0.3 is 0 Å². The van der Waals surface area contributed by atoms with Crippen LogP contribution in [-0.4, -0.2) is 6.61 Å². The van der Waals surface area contributed by atoms with E-state index < -0.39 is 0 Å². The van der Waals surface area contributed by atoms with Gasteiger partial charge in [0.15, 0.2) is 0 Å². The lowest BCUT2D eigenvalue weighted by molar-refractivity contribution is 0.228. The zero-order valence-electron chi connectivity index (χ0n) is 9.07. The average molecular weight is 203 g/mol. The Balaban J connectivity index is 2.19. The summed E-state index contributed by atoms with van der Waals surface area (Å²) in [5, 5.41) is 0. The van der Waals surface area contributed by atoms with E-state index in [-0.39, 0.29) is 0 Å². The highest BCUT2D eigenvalue weighted by Crippen LogP contribution is 2.27. The van der Waals surface area contributed by atoms with Gasteiger partial charge in [-0.2, -0.15) is 0 Å². The standard InChI is InChI=1S/C13H17NO/c1-10-7-8-11(9-15-10)12-5-3-2-4-6-13(12)14/h2-3,6-8,12H,4-5,9,14H2,1H3. The minimum absolute atomic E-state index is 0.327. The van der Waals surface area contributed by atoms with Crippen LogP contribution in [0.5, 0.6) is 0 Å². The molecule has 0 spiro atoms. The molecule has 1 aliphatic heterocycles. The Kier molecular flexibility index (Phi) is 2.95. The Morgan fingerprint density at radius 1 is 1.33 bits per heavy atom. The topological polar surface area (TPSA) is 35.2 Å². The summed E-state index contributed by atoms with van der Waals surface area (Å²) in [6.07, 6.45) is 12.6. The van der Waals surface area contributed by atoms with Gasteiger partial charge in [0.2, 0.25) is 0 Å². The zero-order valence-corrected chi connectivity index (χ0v) is 9.07. The largest absolute Gasteiger partial charge is 0.494 e. The molecule has 1 heterocycles. The first-order valence-electron chi connectivity index (χ1n) is 5.38. The molecule has 0 saturated heterocycles. The van der Waals surface area contributed by atoms with E-state index in [4.69, 9.17) is 10.5 Å². The summed E-state index contributed by atoms with van der Waals surface area (Å²) in [4.78, 5) is 0. The van der Waals surface area contributed by atoms with Gasteiger partial charge < -0.3 is 10.5 Å². The van der Waals surface area contributed by atoms with Gasteiger partial charge in [-0.05, 0) is 31.4 Å². The summed E-state index contributed by atoms with van der Waals surface area (Å²) < 4.78 is 5.52. The van der Waals surface area contributed by atoms with Crippen LogP contribution in [0.1, 0.15) is 19.8 Å². The molecule has 2 nitrogen and oxygen atoms in total. The molecule has 1 aliphatic carbocycles. The predicted octanol–water partition coefficient (Wildman–Crippen LogP) is 2.66. The molecule has 0 radical (unpaired) electrons. The average Bonchev–Trinajstić information content (AvgIpc) is 2.44. The maximum absolute atomic E-state index is 6.05. The Bertz CT molecular complexity index is 361. The molecule has 2 N–H and O–H groups in total. The fraction of sp³-hybridized carbons (Fsp3) is 0.385. The molecular formula is C13H17NO. The van der Waals surface area contributed by atoms with Gasteiger partial charge in [-0.3, -0.25) is 0 Å². The Morgan fingerprint density at radius 2 is 2.20 bits per heavy atom. The van der Waals surface area contributed by atoms with Gasteiger partial charge in [-0.15, -0.1) is 0 Å². The summed E-state index contributed by atoms with van der Waals surface area (Å²) in [6.45, 7) is 2.65. The molecule has 0 bridgehead atoms. The van der Waals surface area contributed by atoms with Gasteiger partial charge in [0.05, 0.1) is 5.76 Å². The normalized spacial score (nSPS) is 25.9. The second kappa shape index (κ2) is 4.39. The molecule has 0 aromatic rings. The molecular weight excluding hydrogens is 186 g/mol. The molecule has 0 fully saturated rings. The van der Waals surface area contributed by atoms with Gasteiger partial charge in [0, 0.05) is 11.6 Å². The Hall–Kier alpha value is -1.44. The van der Waals surface area contributed by atoms with Crippen molar-refractivity contribution in [3.8, 4) is 0 Å². The zero-order chi connectivity index (χ0) is 10.7. The number of hydrogen-bond acceptors (Lipinski definition) is 2. The third-order valence-corrected chi connectivity index (χ3v) is 2.88. The van der Waals surface area contributed by atoms with Crippen LogP contribution in [0.25, 0.3) is 0 Å². The molecule has 80 valence electrons. The smallest absolute Gasteiger partial charge is 0.110 e. The molecule has 1 unspecified atom stereocenters. The van der Waals surface area contributed by atoms with Crippen molar-refractivity contribution in [3.63, 3.8) is 0 Å². The molecule has 2 rings (SSSR count). The first kappa shape index (κ1) is 10.1. The summed E-state index contributed by atoms with van der Waals surface area (Å²) in [7, 11) is 0. The van der Waals surface area contributed by atoms with E-state index in [9.17, 15) is 0 Å². The van der Waals surface area contributed by atoms with Crippen molar-refractivity contribution in [2.45, 2.75) is 19.8 Å². The number of hydrogen-bond donors (Lipinski definition) is 1. The lowest BCUT2D eigenvalue weighted by Crippen LogP contribution is -2.18. The van der Waals surface area contributed by atoms with Crippen LogP contribution in [-0.2, 0) is 4.74 Å². The molecule has 1 atom stereocenters. The first-order chi connectivity index (χ1) is 7.27. The van der Waals surface area contributed by atoms with Gasteiger partial charge in [-0.25, -0.2) is 0 Å². The van der Waals surface area contributed by atoms with Crippen LogP contribution >= 0.6 is 0 Å². The van der Waals surface area contributed by atoms with E-state index in [1.807, 2.05) is 13.0 Å². The van der Waals surface area contributed by atoms with Gasteiger partial charge in [0.1, 0.15) is 6.61 Å². The molecule has 0 aromatic heterocycles. The fourth-order valence-electron chi connectivity index (χ4n) is 1.91. The molecule has 0 aromatic carbocycles. The number of nitrogens with two attached hydrogens (primary N) is 1. The second-order valence-corrected chi connectivity index (χ2v) is 4.01. The van der Waals surface area contributed by atoms with Crippen molar-refractivity contribution in [1.82, 2.24) is 0 Å². The number of ether oxygens (including phenoxy) is 1. The molecule has 2 aliphatic rings. The van der Waals surface area contributed by atoms with Crippen molar-refractivity contribution in [2.75, 3.05) is 6.61 Å². The van der Waals surface area contributed by atoms with Crippen molar-refractivity contribution < 1.29 is 4.74 Å². The van der Waals surface area contributed by atoms with E-state index >= 15 is 0 Å². The molecule has 15 heavy (non-hydrogen) atoms. The van der Waals surface area contributed by atoms with Crippen LogP contribution in [0.2, 0.25) is 0 Å². The minimum atomic E-state index is 0.327. The second-order valence-electron chi connectivity index (χ2n) is 4.01. The van der Waals surface area contributed by atoms with E-state index in [1.54, 1.807) is 0 Å². The third-order valence-electron chi connectivity index (χ3n) is 2.88. The van der Waals surface area contributed by atoms with Crippen LogP contribution in [0, 0.1) is 5.92 Å². The predicted molar refractivity (Wildman–Crippen MR) is 61.9 cm³/mol. The molecule has 0 amide bonds. The highest BCUT2D eigenvalue weighted by Gasteiger charge is 2.18. The molecule has 0 saturated carbocycles. The highest BCUT2D eigenvalue weighted by atomic mass is 16.5. The van der Waals surface area contributed by atoms with E-state index in [0.717, 1.165) is 24.3 Å². The maximum atomic E-state index is 6.05. The third kappa shape index (κ3) is 2.32. The van der Waals surface area contributed by atoms with Crippen LogP contribution in [0.4, 0.5) is 0 Å². The maximum Gasteiger partial charge on any atom is 0.110 e. The summed E-state index contributed by atoms with van der Waals surface area (Å²) in [5.41, 5.74) is 8.30. The van der Waals surface area contributed by atoms with Crippen LogP contribution in [0.3, 0.4) is 0 Å². The van der Waals surface area contributed by atoms with Gasteiger partial charge in [-0.1, -0.05) is 24.3 Å². The lowest BCUT2D eigenvalue weighted by atomic mass is 9.92. The fourth-order valence-corrected chi connectivity index (χ4v) is 1.91. The van der Waals surface area contributed by atoms with Crippen molar-refractivity contribution >= 4 is 0 Å².